The van der Waals surface area contributed by atoms with Gasteiger partial charge in [-0.15, -0.1) is 0 Å². The molecule has 0 amide bonds. The zero-order valence-corrected chi connectivity index (χ0v) is 13.2. The predicted molar refractivity (Wildman–Crippen MR) is 84.5 cm³/mol. The van der Waals surface area contributed by atoms with Crippen molar-refractivity contribution >= 4 is 0 Å². The molecule has 0 heterocycles. The standard InChI is InChI=1S/C17H29NO2/c1-4-5-9-18(11-12-19)10-6-13-20-17-14-15(2)7-8-16(17)3/h7-8,14,19H,4-6,9-13H2,1-3H3. The molecule has 20 heavy (non-hydrogen) atoms. The highest BCUT2D eigenvalue weighted by molar-refractivity contribution is 5.35. The number of rotatable bonds is 10. The van der Waals surface area contributed by atoms with Crippen molar-refractivity contribution in [2.45, 2.75) is 40.0 Å². The van der Waals surface area contributed by atoms with Crippen LogP contribution in [-0.2, 0) is 0 Å². The van der Waals surface area contributed by atoms with Gasteiger partial charge in [0.1, 0.15) is 5.75 Å². The molecular weight excluding hydrogens is 250 g/mol. The van der Waals surface area contributed by atoms with Gasteiger partial charge in [-0.3, -0.25) is 0 Å². The average molecular weight is 279 g/mol. The quantitative estimate of drug-likeness (QED) is 0.668. The van der Waals surface area contributed by atoms with Gasteiger partial charge in [-0.1, -0.05) is 25.5 Å². The van der Waals surface area contributed by atoms with Gasteiger partial charge in [0.05, 0.1) is 13.2 Å². The van der Waals surface area contributed by atoms with E-state index in [2.05, 4.69) is 43.9 Å². The molecule has 0 aromatic heterocycles. The summed E-state index contributed by atoms with van der Waals surface area (Å²) in [6, 6.07) is 6.30. The van der Waals surface area contributed by atoms with Crippen LogP contribution in [-0.4, -0.2) is 42.9 Å². The monoisotopic (exact) mass is 279 g/mol. The van der Waals surface area contributed by atoms with E-state index in [4.69, 9.17) is 9.84 Å². The predicted octanol–water partition coefficient (Wildman–Crippen LogP) is 3.17. The van der Waals surface area contributed by atoms with Crippen molar-refractivity contribution < 1.29 is 9.84 Å². The largest absolute Gasteiger partial charge is 0.493 e. The van der Waals surface area contributed by atoms with Crippen LogP contribution in [0.25, 0.3) is 0 Å². The molecule has 0 bridgehead atoms. The maximum Gasteiger partial charge on any atom is 0.122 e. The Labute approximate surface area is 123 Å². The lowest BCUT2D eigenvalue weighted by atomic mass is 10.1. The van der Waals surface area contributed by atoms with E-state index >= 15 is 0 Å². The third-order valence-electron chi connectivity index (χ3n) is 3.46. The highest BCUT2D eigenvalue weighted by Crippen LogP contribution is 2.19. The molecule has 0 radical (unpaired) electrons. The van der Waals surface area contributed by atoms with Crippen LogP contribution in [0, 0.1) is 13.8 Å². The van der Waals surface area contributed by atoms with Gasteiger partial charge in [-0.25, -0.2) is 0 Å². The van der Waals surface area contributed by atoms with Crippen molar-refractivity contribution in [3.05, 3.63) is 29.3 Å². The van der Waals surface area contributed by atoms with E-state index in [9.17, 15) is 0 Å². The third-order valence-corrected chi connectivity index (χ3v) is 3.46. The van der Waals surface area contributed by atoms with Gasteiger partial charge in [-0.2, -0.15) is 0 Å². The molecule has 1 N–H and O–H groups in total. The molecule has 0 aliphatic carbocycles. The first kappa shape index (κ1) is 17.0. The van der Waals surface area contributed by atoms with Crippen molar-refractivity contribution in [1.82, 2.24) is 4.90 Å². The number of aliphatic hydroxyl groups is 1. The molecule has 0 atom stereocenters. The topological polar surface area (TPSA) is 32.7 Å². The van der Waals surface area contributed by atoms with Gasteiger partial charge < -0.3 is 14.7 Å². The summed E-state index contributed by atoms with van der Waals surface area (Å²) >= 11 is 0. The first-order valence-electron chi connectivity index (χ1n) is 7.70. The Morgan fingerprint density at radius 2 is 1.85 bits per heavy atom. The van der Waals surface area contributed by atoms with Gasteiger partial charge in [0.15, 0.2) is 0 Å². The third kappa shape index (κ3) is 6.40. The minimum absolute atomic E-state index is 0.238. The van der Waals surface area contributed by atoms with Crippen LogP contribution in [0.3, 0.4) is 0 Å². The minimum Gasteiger partial charge on any atom is -0.493 e. The smallest absolute Gasteiger partial charge is 0.122 e. The molecule has 1 aromatic carbocycles. The van der Waals surface area contributed by atoms with E-state index < -0.39 is 0 Å². The zero-order chi connectivity index (χ0) is 14.8. The van der Waals surface area contributed by atoms with Crippen molar-refractivity contribution in [3.8, 4) is 5.75 Å². The van der Waals surface area contributed by atoms with E-state index in [1.807, 2.05) is 0 Å². The molecule has 0 saturated heterocycles. The Kier molecular flexibility index (Phi) is 8.31. The van der Waals surface area contributed by atoms with Crippen molar-refractivity contribution in [2.75, 3.05) is 32.8 Å². The Bertz CT molecular complexity index is 379. The van der Waals surface area contributed by atoms with Gasteiger partial charge in [-0.05, 0) is 50.4 Å². The van der Waals surface area contributed by atoms with E-state index in [1.165, 1.54) is 24.0 Å². The summed E-state index contributed by atoms with van der Waals surface area (Å²) < 4.78 is 5.86. The Morgan fingerprint density at radius 1 is 1.10 bits per heavy atom. The molecule has 1 rings (SSSR count). The van der Waals surface area contributed by atoms with Crippen LogP contribution in [0.2, 0.25) is 0 Å². The van der Waals surface area contributed by atoms with Gasteiger partial charge >= 0.3 is 0 Å². The second kappa shape index (κ2) is 9.78. The van der Waals surface area contributed by atoms with Crippen LogP contribution in [0.5, 0.6) is 5.75 Å². The number of hydrogen-bond donors (Lipinski definition) is 1. The molecule has 0 fully saturated rings. The normalized spacial score (nSPS) is 11.1. The van der Waals surface area contributed by atoms with Gasteiger partial charge in [0.2, 0.25) is 0 Å². The summed E-state index contributed by atoms with van der Waals surface area (Å²) in [4.78, 5) is 2.32. The molecule has 1 aromatic rings. The van der Waals surface area contributed by atoms with Crippen LogP contribution < -0.4 is 4.74 Å². The summed E-state index contributed by atoms with van der Waals surface area (Å²) in [7, 11) is 0. The Hall–Kier alpha value is -1.06. The molecule has 3 heteroatoms. The fourth-order valence-electron chi connectivity index (χ4n) is 2.19. The first-order chi connectivity index (χ1) is 9.67. The summed E-state index contributed by atoms with van der Waals surface area (Å²) in [6.45, 7) is 10.2. The highest BCUT2D eigenvalue weighted by Gasteiger charge is 2.04. The van der Waals surface area contributed by atoms with Crippen LogP contribution in [0.1, 0.15) is 37.3 Å². The van der Waals surface area contributed by atoms with Crippen molar-refractivity contribution in [2.24, 2.45) is 0 Å². The maximum absolute atomic E-state index is 9.06. The summed E-state index contributed by atoms with van der Waals surface area (Å²) in [5.41, 5.74) is 2.42. The molecule has 0 aliphatic rings. The van der Waals surface area contributed by atoms with E-state index in [0.29, 0.717) is 0 Å². The van der Waals surface area contributed by atoms with E-state index in [1.54, 1.807) is 0 Å². The summed E-state index contributed by atoms with van der Waals surface area (Å²) in [6.07, 6.45) is 3.38. The molecule has 0 aliphatic heterocycles. The number of ether oxygens (including phenoxy) is 1. The summed E-state index contributed by atoms with van der Waals surface area (Å²) in [5, 5.41) is 9.06. The fourth-order valence-corrected chi connectivity index (χ4v) is 2.19. The summed E-state index contributed by atoms with van der Waals surface area (Å²) in [5.74, 6) is 0.993. The van der Waals surface area contributed by atoms with Crippen molar-refractivity contribution in [1.29, 1.82) is 0 Å². The Balaban J connectivity index is 2.30. The number of aliphatic hydroxyl groups excluding tert-OH is 1. The number of unbranched alkanes of at least 4 members (excludes halogenated alkanes) is 1. The molecular formula is C17H29NO2. The van der Waals surface area contributed by atoms with Gasteiger partial charge in [0.25, 0.3) is 0 Å². The lowest BCUT2D eigenvalue weighted by molar-refractivity contribution is 0.181. The van der Waals surface area contributed by atoms with Crippen molar-refractivity contribution in [3.63, 3.8) is 0 Å². The number of hydrogen-bond acceptors (Lipinski definition) is 3. The van der Waals surface area contributed by atoms with Gasteiger partial charge in [0, 0.05) is 13.1 Å². The van der Waals surface area contributed by atoms with E-state index in [-0.39, 0.29) is 6.61 Å². The fraction of sp³-hybridized carbons (Fsp3) is 0.647. The maximum atomic E-state index is 9.06. The number of aryl methyl sites for hydroxylation is 2. The zero-order valence-electron chi connectivity index (χ0n) is 13.2. The lowest BCUT2D eigenvalue weighted by Crippen LogP contribution is -2.30. The molecule has 0 unspecified atom stereocenters. The number of nitrogens with zero attached hydrogens (tertiary/aromatic N) is 1. The van der Waals surface area contributed by atoms with Crippen LogP contribution in [0.15, 0.2) is 18.2 Å². The average Bonchev–Trinajstić information content (AvgIpc) is 2.44. The number of benzene rings is 1. The molecule has 3 nitrogen and oxygen atoms in total. The minimum atomic E-state index is 0.238. The van der Waals surface area contributed by atoms with Crippen LogP contribution in [0.4, 0.5) is 0 Å². The second-order valence-corrected chi connectivity index (χ2v) is 5.39. The molecule has 114 valence electrons. The molecule has 0 spiro atoms. The van der Waals surface area contributed by atoms with E-state index in [0.717, 1.165) is 38.4 Å². The second-order valence-electron chi connectivity index (χ2n) is 5.39. The van der Waals surface area contributed by atoms with Crippen LogP contribution >= 0.6 is 0 Å². The molecule has 0 saturated carbocycles. The first-order valence-corrected chi connectivity index (χ1v) is 7.70. The Morgan fingerprint density at radius 3 is 2.55 bits per heavy atom. The highest BCUT2D eigenvalue weighted by atomic mass is 16.5. The lowest BCUT2D eigenvalue weighted by Gasteiger charge is -2.21. The SMILES string of the molecule is CCCCN(CCO)CCCOc1cc(C)ccc1C.